The summed E-state index contributed by atoms with van der Waals surface area (Å²) in [4.78, 5) is 11.9. The average Bonchev–Trinajstić information content (AvgIpc) is 2.62. The molecule has 0 aliphatic heterocycles. The average molecular weight is 198 g/mol. The molecule has 0 amide bonds. The fourth-order valence-electron chi connectivity index (χ4n) is 1.92. The van der Waals surface area contributed by atoms with E-state index in [0.717, 1.165) is 16.4 Å². The minimum atomic E-state index is -0.00583. The Bertz CT molecular complexity index is 706. The number of hydrogen-bond acceptors (Lipinski definition) is 1. The molecule has 3 nitrogen and oxygen atoms in total. The van der Waals surface area contributed by atoms with Gasteiger partial charge in [-0.1, -0.05) is 18.2 Å². The molecule has 0 spiro atoms. The van der Waals surface area contributed by atoms with Crippen LogP contribution in [0.5, 0.6) is 0 Å². The van der Waals surface area contributed by atoms with Crippen molar-refractivity contribution in [2.75, 3.05) is 0 Å². The van der Waals surface area contributed by atoms with E-state index in [2.05, 4.69) is 0 Å². The van der Waals surface area contributed by atoms with Gasteiger partial charge in [-0.25, -0.2) is 4.79 Å². The SMILES string of the molecule is Cn1ccc2cc3ccccc3n2c1=O. The number of para-hydroxylation sites is 1. The molecule has 0 fully saturated rings. The maximum Gasteiger partial charge on any atom is 0.332 e. The van der Waals surface area contributed by atoms with Gasteiger partial charge in [0, 0.05) is 18.6 Å². The van der Waals surface area contributed by atoms with Crippen molar-refractivity contribution in [2.45, 2.75) is 0 Å². The molecule has 0 atom stereocenters. The zero-order chi connectivity index (χ0) is 10.4. The Morgan fingerprint density at radius 3 is 2.80 bits per heavy atom. The van der Waals surface area contributed by atoms with Crippen LogP contribution in [0.25, 0.3) is 16.4 Å². The second-order valence-corrected chi connectivity index (χ2v) is 3.67. The molecule has 2 heterocycles. The maximum atomic E-state index is 11.9. The monoisotopic (exact) mass is 198 g/mol. The highest BCUT2D eigenvalue weighted by Crippen LogP contribution is 2.17. The lowest BCUT2D eigenvalue weighted by atomic mass is 10.2. The number of nitrogens with zero attached hydrogens (tertiary/aromatic N) is 2. The summed E-state index contributed by atoms with van der Waals surface area (Å²) in [5.74, 6) is 0. The predicted octanol–water partition coefficient (Wildman–Crippen LogP) is 1.79. The van der Waals surface area contributed by atoms with Gasteiger partial charge in [-0.15, -0.1) is 0 Å². The molecule has 0 unspecified atom stereocenters. The highest BCUT2D eigenvalue weighted by atomic mass is 16.1. The van der Waals surface area contributed by atoms with Gasteiger partial charge >= 0.3 is 5.69 Å². The first-order chi connectivity index (χ1) is 7.27. The highest BCUT2D eigenvalue weighted by molar-refractivity contribution is 5.86. The molecule has 0 bridgehead atoms. The molecule has 74 valence electrons. The van der Waals surface area contributed by atoms with Crippen molar-refractivity contribution in [2.24, 2.45) is 7.05 Å². The summed E-state index contributed by atoms with van der Waals surface area (Å²) in [6, 6.07) is 11.9. The van der Waals surface area contributed by atoms with E-state index in [9.17, 15) is 4.79 Å². The largest absolute Gasteiger partial charge is 0.332 e. The second-order valence-electron chi connectivity index (χ2n) is 3.67. The molecule has 15 heavy (non-hydrogen) atoms. The summed E-state index contributed by atoms with van der Waals surface area (Å²) in [6.07, 6.45) is 1.79. The molecule has 3 aromatic rings. The van der Waals surface area contributed by atoms with Gasteiger partial charge in [0.15, 0.2) is 0 Å². The summed E-state index contributed by atoms with van der Waals surface area (Å²) in [5.41, 5.74) is 1.90. The van der Waals surface area contributed by atoms with E-state index in [1.165, 1.54) is 0 Å². The molecule has 0 radical (unpaired) electrons. The fourth-order valence-corrected chi connectivity index (χ4v) is 1.92. The lowest BCUT2D eigenvalue weighted by Gasteiger charge is -1.99. The van der Waals surface area contributed by atoms with E-state index in [1.54, 1.807) is 22.2 Å². The quantitative estimate of drug-likeness (QED) is 0.541. The first-order valence-corrected chi connectivity index (χ1v) is 4.83. The molecular weight excluding hydrogens is 188 g/mol. The molecule has 3 rings (SSSR count). The zero-order valence-corrected chi connectivity index (χ0v) is 8.34. The van der Waals surface area contributed by atoms with Crippen LogP contribution in [-0.4, -0.2) is 8.97 Å². The van der Waals surface area contributed by atoms with Crippen molar-refractivity contribution in [3.63, 3.8) is 0 Å². The lowest BCUT2D eigenvalue weighted by molar-refractivity contribution is 0.800. The predicted molar refractivity (Wildman–Crippen MR) is 60.1 cm³/mol. The van der Waals surface area contributed by atoms with Gasteiger partial charge in [0.2, 0.25) is 0 Å². The van der Waals surface area contributed by atoms with Crippen LogP contribution in [0.1, 0.15) is 0 Å². The normalized spacial score (nSPS) is 11.3. The standard InChI is InChI=1S/C12H10N2O/c1-13-7-6-10-8-9-4-2-3-5-11(9)14(10)12(13)15/h2-8H,1H3. The van der Waals surface area contributed by atoms with E-state index in [4.69, 9.17) is 0 Å². The van der Waals surface area contributed by atoms with Crippen molar-refractivity contribution >= 4 is 16.4 Å². The topological polar surface area (TPSA) is 26.4 Å². The van der Waals surface area contributed by atoms with Crippen LogP contribution in [0.3, 0.4) is 0 Å². The van der Waals surface area contributed by atoms with Crippen molar-refractivity contribution in [1.29, 1.82) is 0 Å². The van der Waals surface area contributed by atoms with Gasteiger partial charge in [0.1, 0.15) is 0 Å². The van der Waals surface area contributed by atoms with Crippen molar-refractivity contribution < 1.29 is 0 Å². The van der Waals surface area contributed by atoms with Crippen LogP contribution in [-0.2, 0) is 7.05 Å². The van der Waals surface area contributed by atoms with Gasteiger partial charge in [-0.2, -0.15) is 0 Å². The molecule has 2 aromatic heterocycles. The number of aryl methyl sites for hydroxylation is 1. The van der Waals surface area contributed by atoms with Gasteiger partial charge in [0.05, 0.1) is 11.0 Å². The molecule has 0 N–H and O–H groups in total. The molecule has 0 aliphatic rings. The maximum absolute atomic E-state index is 11.9. The Hall–Kier alpha value is -2.03. The van der Waals surface area contributed by atoms with E-state index in [1.807, 2.05) is 36.4 Å². The molecule has 0 aliphatic carbocycles. The Morgan fingerprint density at radius 2 is 1.93 bits per heavy atom. The van der Waals surface area contributed by atoms with Crippen LogP contribution in [0.15, 0.2) is 47.4 Å². The highest BCUT2D eigenvalue weighted by Gasteiger charge is 2.04. The van der Waals surface area contributed by atoms with Crippen molar-refractivity contribution in [3.8, 4) is 0 Å². The van der Waals surface area contributed by atoms with Crippen LogP contribution < -0.4 is 5.69 Å². The zero-order valence-electron chi connectivity index (χ0n) is 8.34. The Kier molecular flexibility index (Phi) is 1.51. The van der Waals surface area contributed by atoms with E-state index >= 15 is 0 Å². The summed E-state index contributed by atoms with van der Waals surface area (Å²) in [7, 11) is 1.76. The van der Waals surface area contributed by atoms with Crippen LogP contribution in [0.4, 0.5) is 0 Å². The molecule has 1 aromatic carbocycles. The van der Waals surface area contributed by atoms with E-state index < -0.39 is 0 Å². The van der Waals surface area contributed by atoms with Gasteiger partial charge in [-0.3, -0.25) is 4.40 Å². The van der Waals surface area contributed by atoms with E-state index in [0.29, 0.717) is 0 Å². The van der Waals surface area contributed by atoms with E-state index in [-0.39, 0.29) is 5.69 Å². The number of aromatic nitrogens is 2. The number of hydrogen-bond donors (Lipinski definition) is 0. The first kappa shape index (κ1) is 8.29. The summed E-state index contributed by atoms with van der Waals surface area (Å²) in [5, 5.41) is 1.10. The third-order valence-corrected chi connectivity index (χ3v) is 2.70. The Balaban J connectivity index is 2.69. The van der Waals surface area contributed by atoms with Crippen LogP contribution in [0.2, 0.25) is 0 Å². The summed E-state index contributed by atoms with van der Waals surface area (Å²) in [6.45, 7) is 0. The smallest absolute Gasteiger partial charge is 0.303 e. The fraction of sp³-hybridized carbons (Fsp3) is 0.0833. The Morgan fingerprint density at radius 1 is 1.13 bits per heavy atom. The lowest BCUT2D eigenvalue weighted by Crippen LogP contribution is -2.22. The minimum absolute atomic E-state index is 0.00583. The van der Waals surface area contributed by atoms with Gasteiger partial charge in [-0.05, 0) is 18.2 Å². The second kappa shape index (κ2) is 2.73. The Labute approximate surface area is 86.2 Å². The minimum Gasteiger partial charge on any atom is -0.303 e. The van der Waals surface area contributed by atoms with Crippen LogP contribution in [0, 0.1) is 0 Å². The number of fused-ring (bicyclic) bond motifs is 3. The van der Waals surface area contributed by atoms with Crippen molar-refractivity contribution in [1.82, 2.24) is 8.97 Å². The summed E-state index contributed by atoms with van der Waals surface area (Å²) >= 11 is 0. The molecule has 0 saturated carbocycles. The van der Waals surface area contributed by atoms with Gasteiger partial charge < -0.3 is 4.57 Å². The molecule has 3 heteroatoms. The number of rotatable bonds is 0. The first-order valence-electron chi connectivity index (χ1n) is 4.83. The van der Waals surface area contributed by atoms with Crippen LogP contribution >= 0.6 is 0 Å². The van der Waals surface area contributed by atoms with Gasteiger partial charge in [0.25, 0.3) is 0 Å². The number of benzene rings is 1. The van der Waals surface area contributed by atoms with Crippen molar-refractivity contribution in [3.05, 3.63) is 53.1 Å². The third kappa shape index (κ3) is 1.03. The summed E-state index contributed by atoms with van der Waals surface area (Å²) < 4.78 is 3.31. The molecule has 0 saturated heterocycles. The third-order valence-electron chi connectivity index (χ3n) is 2.70. The molecular formula is C12H10N2O.